The van der Waals surface area contributed by atoms with E-state index in [1.807, 2.05) is 17.0 Å². The van der Waals surface area contributed by atoms with Crippen molar-refractivity contribution in [2.45, 2.75) is 19.1 Å². The molecule has 4 aromatic rings. The van der Waals surface area contributed by atoms with Gasteiger partial charge < -0.3 is 4.90 Å². The van der Waals surface area contributed by atoms with Gasteiger partial charge in [0.2, 0.25) is 5.95 Å². The minimum Gasteiger partial charge on any atom is -0.337 e. The molecule has 3 aromatic heterocycles. The zero-order valence-electron chi connectivity index (χ0n) is 16.7. The highest BCUT2D eigenvalue weighted by atomic mass is 32.1. The Morgan fingerprint density at radius 1 is 1.09 bits per heavy atom. The Morgan fingerprint density at radius 3 is 2.62 bits per heavy atom. The number of alkyl halides is 3. The molecule has 4 heterocycles. The summed E-state index contributed by atoms with van der Waals surface area (Å²) in [7, 11) is 0. The van der Waals surface area contributed by atoms with Gasteiger partial charge in [0.15, 0.2) is 0 Å². The number of nitrogens with zero attached hydrogens (tertiary/aromatic N) is 4. The molecule has 1 aliphatic rings. The molecule has 1 aromatic carbocycles. The SMILES string of the molecule is O=c1nc(N2CC=C(c3cc4ccccc4s3)CC2)ncn1Cc1ccc(C(F)(F)F)s1. The topological polar surface area (TPSA) is 51.0 Å². The molecular weight excluding hydrogens is 457 g/mol. The third-order valence-electron chi connectivity index (χ3n) is 5.26. The second-order valence-electron chi connectivity index (χ2n) is 7.40. The van der Waals surface area contributed by atoms with Crippen molar-refractivity contribution in [2.75, 3.05) is 18.0 Å². The number of benzene rings is 1. The van der Waals surface area contributed by atoms with Crippen LogP contribution in [0, 0.1) is 0 Å². The van der Waals surface area contributed by atoms with Gasteiger partial charge in [-0.1, -0.05) is 24.3 Å². The summed E-state index contributed by atoms with van der Waals surface area (Å²) in [4.78, 5) is 23.7. The first-order valence-electron chi connectivity index (χ1n) is 9.89. The second kappa shape index (κ2) is 8.18. The number of hydrogen-bond acceptors (Lipinski definition) is 6. The van der Waals surface area contributed by atoms with Crippen LogP contribution in [0.4, 0.5) is 19.1 Å². The second-order valence-corrected chi connectivity index (χ2v) is 9.66. The average Bonchev–Trinajstić information content (AvgIpc) is 3.42. The van der Waals surface area contributed by atoms with Crippen molar-refractivity contribution in [1.82, 2.24) is 14.5 Å². The van der Waals surface area contributed by atoms with Crippen LogP contribution in [-0.4, -0.2) is 27.6 Å². The molecule has 5 rings (SSSR count). The Bertz CT molecular complexity index is 1340. The molecule has 0 aliphatic carbocycles. The van der Waals surface area contributed by atoms with Crippen LogP contribution in [-0.2, 0) is 12.7 Å². The van der Waals surface area contributed by atoms with Crippen molar-refractivity contribution in [1.29, 1.82) is 0 Å². The van der Waals surface area contributed by atoms with E-state index in [0.717, 1.165) is 12.5 Å². The monoisotopic (exact) mass is 474 g/mol. The van der Waals surface area contributed by atoms with Gasteiger partial charge in [0.25, 0.3) is 0 Å². The molecule has 0 amide bonds. The highest BCUT2D eigenvalue weighted by Crippen LogP contribution is 2.35. The molecular formula is C22H17F3N4OS2. The molecule has 0 radical (unpaired) electrons. The zero-order chi connectivity index (χ0) is 22.3. The lowest BCUT2D eigenvalue weighted by atomic mass is 10.1. The summed E-state index contributed by atoms with van der Waals surface area (Å²) in [5.41, 5.74) is 0.741. The minimum atomic E-state index is -4.38. The Labute approximate surface area is 189 Å². The predicted molar refractivity (Wildman–Crippen MR) is 121 cm³/mol. The van der Waals surface area contributed by atoms with E-state index in [-0.39, 0.29) is 6.54 Å². The van der Waals surface area contributed by atoms with Crippen LogP contribution in [0.25, 0.3) is 15.7 Å². The van der Waals surface area contributed by atoms with E-state index >= 15 is 0 Å². The van der Waals surface area contributed by atoms with E-state index in [4.69, 9.17) is 0 Å². The number of aromatic nitrogens is 3. The fourth-order valence-corrected chi connectivity index (χ4v) is 5.61. The number of thiophene rings is 2. The Hall–Kier alpha value is -2.98. The maximum atomic E-state index is 12.8. The Balaban J connectivity index is 1.29. The van der Waals surface area contributed by atoms with E-state index in [2.05, 4.69) is 34.2 Å². The lowest BCUT2D eigenvalue weighted by Gasteiger charge is -2.26. The summed E-state index contributed by atoms with van der Waals surface area (Å²) in [6.07, 6.45) is -0.0876. The van der Waals surface area contributed by atoms with Crippen molar-refractivity contribution in [2.24, 2.45) is 0 Å². The van der Waals surface area contributed by atoms with Crippen molar-refractivity contribution in [3.8, 4) is 0 Å². The van der Waals surface area contributed by atoms with Gasteiger partial charge in [-0.05, 0) is 41.6 Å². The summed E-state index contributed by atoms with van der Waals surface area (Å²) in [6, 6.07) is 12.9. The fraction of sp³-hybridized carbons (Fsp3) is 0.227. The number of rotatable bonds is 4. The van der Waals surface area contributed by atoms with Crippen LogP contribution in [0.15, 0.2) is 59.7 Å². The molecule has 0 saturated carbocycles. The van der Waals surface area contributed by atoms with Gasteiger partial charge >= 0.3 is 11.9 Å². The fourth-order valence-electron chi connectivity index (χ4n) is 3.61. The zero-order valence-corrected chi connectivity index (χ0v) is 18.3. The molecule has 1 aliphatic heterocycles. The molecule has 0 unspecified atom stereocenters. The van der Waals surface area contributed by atoms with Gasteiger partial charge in [-0.15, -0.1) is 22.7 Å². The summed E-state index contributed by atoms with van der Waals surface area (Å²) >= 11 is 2.39. The van der Waals surface area contributed by atoms with E-state index in [0.29, 0.717) is 35.3 Å². The van der Waals surface area contributed by atoms with E-state index in [1.54, 1.807) is 11.3 Å². The highest BCUT2D eigenvalue weighted by Gasteiger charge is 2.32. The average molecular weight is 475 g/mol. The highest BCUT2D eigenvalue weighted by molar-refractivity contribution is 7.20. The normalized spacial score (nSPS) is 14.7. The first kappa shape index (κ1) is 20.9. The molecule has 0 spiro atoms. The van der Waals surface area contributed by atoms with Crippen LogP contribution in [0.3, 0.4) is 0 Å². The quantitative estimate of drug-likeness (QED) is 0.404. The first-order chi connectivity index (χ1) is 15.4. The van der Waals surface area contributed by atoms with E-state index in [1.165, 1.54) is 37.5 Å². The first-order valence-corrected chi connectivity index (χ1v) is 11.5. The number of halogens is 3. The van der Waals surface area contributed by atoms with E-state index < -0.39 is 16.7 Å². The molecule has 164 valence electrons. The maximum Gasteiger partial charge on any atom is 0.425 e. The summed E-state index contributed by atoms with van der Waals surface area (Å²) in [5.74, 6) is 0.333. The van der Waals surface area contributed by atoms with Gasteiger partial charge in [-0.2, -0.15) is 18.2 Å². The number of anilines is 1. The molecule has 5 nitrogen and oxygen atoms in total. The lowest BCUT2D eigenvalue weighted by Crippen LogP contribution is -2.33. The van der Waals surface area contributed by atoms with Gasteiger partial charge in [0.05, 0.1) is 6.54 Å². The van der Waals surface area contributed by atoms with Crippen LogP contribution in [0.2, 0.25) is 0 Å². The summed E-state index contributed by atoms with van der Waals surface area (Å²) in [5, 5.41) is 1.23. The molecule has 0 N–H and O–H groups in total. The Morgan fingerprint density at radius 2 is 1.94 bits per heavy atom. The van der Waals surface area contributed by atoms with Crippen LogP contribution in [0.5, 0.6) is 0 Å². The van der Waals surface area contributed by atoms with Crippen molar-refractivity contribution >= 4 is 44.3 Å². The molecule has 0 fully saturated rings. The van der Waals surface area contributed by atoms with Crippen molar-refractivity contribution in [3.63, 3.8) is 0 Å². The third-order valence-corrected chi connectivity index (χ3v) is 7.56. The Kier molecular flexibility index (Phi) is 5.34. The molecule has 0 atom stereocenters. The van der Waals surface area contributed by atoms with Crippen molar-refractivity contribution in [3.05, 3.63) is 80.0 Å². The summed E-state index contributed by atoms with van der Waals surface area (Å²) in [6.45, 7) is 1.28. The van der Waals surface area contributed by atoms with Crippen LogP contribution in [0.1, 0.15) is 21.1 Å². The van der Waals surface area contributed by atoms with Gasteiger partial charge in [-0.3, -0.25) is 4.57 Å². The molecule has 0 saturated heterocycles. The predicted octanol–water partition coefficient (Wildman–Crippen LogP) is 5.28. The third kappa shape index (κ3) is 4.20. The van der Waals surface area contributed by atoms with Crippen LogP contribution < -0.4 is 10.6 Å². The van der Waals surface area contributed by atoms with Gasteiger partial charge in [0, 0.05) is 27.5 Å². The maximum absolute atomic E-state index is 12.8. The summed E-state index contributed by atoms with van der Waals surface area (Å²) < 4.78 is 40.8. The lowest BCUT2D eigenvalue weighted by molar-refractivity contribution is -0.134. The van der Waals surface area contributed by atoms with Crippen LogP contribution >= 0.6 is 22.7 Å². The van der Waals surface area contributed by atoms with E-state index in [9.17, 15) is 18.0 Å². The smallest absolute Gasteiger partial charge is 0.337 e. The standard InChI is InChI=1S/C22H17F3N4OS2/c23-22(24,25)19-6-5-16(31-19)12-29-13-26-20(27-21(29)30)28-9-7-14(8-10-28)18-11-15-3-1-2-4-17(15)32-18/h1-7,11,13H,8-10,12H2. The minimum absolute atomic E-state index is 0.00977. The van der Waals surface area contributed by atoms with Crippen molar-refractivity contribution < 1.29 is 13.2 Å². The number of fused-ring (bicyclic) bond motifs is 1. The molecule has 32 heavy (non-hydrogen) atoms. The van der Waals surface area contributed by atoms with Gasteiger partial charge in [-0.25, -0.2) is 9.78 Å². The molecule has 0 bridgehead atoms. The largest absolute Gasteiger partial charge is 0.425 e. The van der Waals surface area contributed by atoms with Gasteiger partial charge in [0.1, 0.15) is 11.2 Å². The molecule has 10 heteroatoms. The number of hydrogen-bond donors (Lipinski definition) is 0.